The van der Waals surface area contributed by atoms with Crippen molar-refractivity contribution in [1.82, 2.24) is 14.2 Å². The number of rotatable bonds is 5. The third-order valence-electron chi connectivity index (χ3n) is 4.98. The molecule has 1 saturated heterocycles. The van der Waals surface area contributed by atoms with E-state index in [2.05, 4.69) is 4.98 Å². The molecule has 162 valence electrons. The lowest BCUT2D eigenvalue weighted by atomic mass is 10.2. The molecule has 1 aromatic carbocycles. The van der Waals surface area contributed by atoms with E-state index in [1.165, 1.54) is 27.8 Å². The van der Waals surface area contributed by atoms with Gasteiger partial charge in [0.25, 0.3) is 11.6 Å². The topological polar surface area (TPSA) is 114 Å². The summed E-state index contributed by atoms with van der Waals surface area (Å²) in [7, 11) is -3.91. The van der Waals surface area contributed by atoms with Gasteiger partial charge in [-0.2, -0.15) is 4.31 Å². The third-order valence-corrected chi connectivity index (χ3v) is 8.90. The molecule has 12 heteroatoms. The molecule has 0 radical (unpaired) electrons. The minimum Gasteiger partial charge on any atom is -0.335 e. The predicted octanol–water partition coefficient (Wildman–Crippen LogP) is 3.23. The maximum absolute atomic E-state index is 13.1. The first kappa shape index (κ1) is 21.6. The van der Waals surface area contributed by atoms with E-state index in [1.54, 1.807) is 28.5 Å². The maximum atomic E-state index is 13.1. The second-order valence-corrected chi connectivity index (χ2v) is 10.6. The van der Waals surface area contributed by atoms with E-state index in [1.807, 2.05) is 17.5 Å². The number of sulfonamides is 1. The molecule has 4 rings (SSSR count). The first-order chi connectivity index (χ1) is 14.8. The van der Waals surface area contributed by atoms with Crippen LogP contribution in [0.2, 0.25) is 0 Å². The van der Waals surface area contributed by atoms with E-state index in [9.17, 15) is 23.3 Å². The Morgan fingerprint density at radius 1 is 1.16 bits per heavy atom. The Bertz CT molecular complexity index is 1230. The number of thiophene rings is 1. The molecule has 0 spiro atoms. The normalized spacial score (nSPS) is 15.2. The number of non-ortho nitro benzene ring substituents is 1. The summed E-state index contributed by atoms with van der Waals surface area (Å²) < 4.78 is 27.4. The third kappa shape index (κ3) is 4.24. The summed E-state index contributed by atoms with van der Waals surface area (Å²) in [6.45, 7) is 2.26. The van der Waals surface area contributed by atoms with Gasteiger partial charge in [0, 0.05) is 43.7 Å². The standard InChI is InChI=1S/C19H18N4O5S3/c1-13-4-5-14(23(25)26)11-17(13)31(27,28)22-8-6-21(7-9-22)19(24)15-12-30-18(20-15)16-3-2-10-29-16/h2-5,10-12H,6-9H2,1H3. The molecule has 0 bridgehead atoms. The molecule has 31 heavy (non-hydrogen) atoms. The second kappa shape index (κ2) is 8.46. The van der Waals surface area contributed by atoms with E-state index in [0.29, 0.717) is 11.3 Å². The van der Waals surface area contributed by atoms with Gasteiger partial charge in [0.2, 0.25) is 10.0 Å². The molecule has 0 N–H and O–H groups in total. The van der Waals surface area contributed by atoms with Crippen LogP contribution >= 0.6 is 22.7 Å². The number of benzene rings is 1. The lowest BCUT2D eigenvalue weighted by Crippen LogP contribution is -2.50. The van der Waals surface area contributed by atoms with Gasteiger partial charge in [0.05, 0.1) is 14.7 Å². The smallest absolute Gasteiger partial charge is 0.273 e. The maximum Gasteiger partial charge on any atom is 0.273 e. The molecule has 0 saturated carbocycles. The van der Waals surface area contributed by atoms with Gasteiger partial charge in [-0.25, -0.2) is 13.4 Å². The van der Waals surface area contributed by atoms with E-state index in [0.717, 1.165) is 16.0 Å². The summed E-state index contributed by atoms with van der Waals surface area (Å²) in [4.78, 5) is 30.2. The Balaban J connectivity index is 1.46. The van der Waals surface area contributed by atoms with Crippen molar-refractivity contribution in [2.45, 2.75) is 11.8 Å². The Labute approximate surface area is 186 Å². The van der Waals surface area contributed by atoms with Crippen molar-refractivity contribution in [3.05, 3.63) is 62.5 Å². The van der Waals surface area contributed by atoms with Gasteiger partial charge < -0.3 is 4.90 Å². The average molecular weight is 479 g/mol. The van der Waals surface area contributed by atoms with Gasteiger partial charge in [-0.3, -0.25) is 14.9 Å². The number of piperazine rings is 1. The zero-order chi connectivity index (χ0) is 22.2. The minimum absolute atomic E-state index is 0.0819. The number of thiazole rings is 1. The molecule has 0 unspecified atom stereocenters. The van der Waals surface area contributed by atoms with Crippen LogP contribution in [0.4, 0.5) is 5.69 Å². The number of carbonyl (C=O) groups excluding carboxylic acids is 1. The predicted molar refractivity (Wildman–Crippen MR) is 118 cm³/mol. The Morgan fingerprint density at radius 2 is 1.90 bits per heavy atom. The zero-order valence-corrected chi connectivity index (χ0v) is 18.9. The number of aryl methyl sites for hydroxylation is 1. The van der Waals surface area contributed by atoms with Crippen molar-refractivity contribution in [3.63, 3.8) is 0 Å². The largest absolute Gasteiger partial charge is 0.335 e. The SMILES string of the molecule is Cc1ccc([N+](=O)[O-])cc1S(=O)(=O)N1CCN(C(=O)c2csc(-c3cccs3)n2)CC1. The molecule has 1 aliphatic heterocycles. The van der Waals surface area contributed by atoms with Crippen molar-refractivity contribution in [3.8, 4) is 9.88 Å². The van der Waals surface area contributed by atoms with Gasteiger partial charge >= 0.3 is 0 Å². The highest BCUT2D eigenvalue weighted by atomic mass is 32.2. The van der Waals surface area contributed by atoms with Crippen LogP contribution in [0.1, 0.15) is 16.1 Å². The number of hydrogen-bond acceptors (Lipinski definition) is 8. The summed E-state index contributed by atoms with van der Waals surface area (Å²) in [6, 6.07) is 7.66. The number of nitro benzene ring substituents is 1. The number of nitrogens with zero attached hydrogens (tertiary/aromatic N) is 4. The Kier molecular flexibility index (Phi) is 5.88. The molecule has 1 fully saturated rings. The lowest BCUT2D eigenvalue weighted by Gasteiger charge is -2.33. The Morgan fingerprint density at radius 3 is 2.55 bits per heavy atom. The molecule has 1 amide bonds. The van der Waals surface area contributed by atoms with Crippen LogP contribution in [0, 0.1) is 17.0 Å². The summed E-state index contributed by atoms with van der Waals surface area (Å²) in [5, 5.41) is 15.5. The monoisotopic (exact) mass is 478 g/mol. The number of hydrogen-bond donors (Lipinski definition) is 0. The van der Waals surface area contributed by atoms with Crippen molar-refractivity contribution in [2.75, 3.05) is 26.2 Å². The van der Waals surface area contributed by atoms with Crippen molar-refractivity contribution >= 4 is 44.3 Å². The summed E-state index contributed by atoms with van der Waals surface area (Å²) >= 11 is 2.95. The number of nitro groups is 1. The van der Waals surface area contributed by atoms with Crippen LogP contribution in [0.15, 0.2) is 46.0 Å². The van der Waals surface area contributed by atoms with E-state index in [4.69, 9.17) is 0 Å². The molecule has 2 aromatic heterocycles. The minimum atomic E-state index is -3.91. The van der Waals surface area contributed by atoms with Gasteiger partial charge in [-0.1, -0.05) is 12.1 Å². The van der Waals surface area contributed by atoms with E-state index in [-0.39, 0.29) is 42.7 Å². The number of aromatic nitrogens is 1. The second-order valence-electron chi connectivity index (χ2n) is 6.92. The molecule has 3 heterocycles. The molecular weight excluding hydrogens is 460 g/mol. The number of carbonyl (C=O) groups is 1. The highest BCUT2D eigenvalue weighted by Gasteiger charge is 2.32. The van der Waals surface area contributed by atoms with Crippen LogP contribution in [0.25, 0.3) is 9.88 Å². The summed E-state index contributed by atoms with van der Waals surface area (Å²) in [6.07, 6.45) is 0. The van der Waals surface area contributed by atoms with Gasteiger partial charge in [-0.15, -0.1) is 22.7 Å². The van der Waals surface area contributed by atoms with Crippen LogP contribution in [-0.2, 0) is 10.0 Å². The van der Waals surface area contributed by atoms with E-state index < -0.39 is 14.9 Å². The average Bonchev–Trinajstić information content (AvgIpc) is 3.45. The van der Waals surface area contributed by atoms with Gasteiger partial charge in [0.1, 0.15) is 10.7 Å². The zero-order valence-electron chi connectivity index (χ0n) is 16.4. The van der Waals surface area contributed by atoms with Crippen LogP contribution < -0.4 is 0 Å². The Hall–Kier alpha value is -2.67. The van der Waals surface area contributed by atoms with Crippen molar-refractivity contribution in [2.24, 2.45) is 0 Å². The first-order valence-electron chi connectivity index (χ1n) is 9.31. The van der Waals surface area contributed by atoms with Crippen LogP contribution in [-0.4, -0.2) is 59.6 Å². The quantitative estimate of drug-likeness (QED) is 0.411. The fourth-order valence-corrected chi connectivity index (χ4v) is 6.57. The summed E-state index contributed by atoms with van der Waals surface area (Å²) in [5.41, 5.74) is 0.509. The first-order valence-corrected chi connectivity index (χ1v) is 12.5. The van der Waals surface area contributed by atoms with Gasteiger partial charge in [-0.05, 0) is 23.9 Å². The lowest BCUT2D eigenvalue weighted by molar-refractivity contribution is -0.385. The molecule has 1 aliphatic rings. The fourth-order valence-electron chi connectivity index (χ4n) is 3.30. The highest BCUT2D eigenvalue weighted by Crippen LogP contribution is 2.29. The van der Waals surface area contributed by atoms with E-state index >= 15 is 0 Å². The fraction of sp³-hybridized carbons (Fsp3) is 0.263. The molecule has 9 nitrogen and oxygen atoms in total. The molecule has 0 aliphatic carbocycles. The van der Waals surface area contributed by atoms with Gasteiger partial charge in [0.15, 0.2) is 0 Å². The van der Waals surface area contributed by atoms with Crippen molar-refractivity contribution in [1.29, 1.82) is 0 Å². The van der Waals surface area contributed by atoms with Crippen LogP contribution in [0.3, 0.4) is 0 Å². The van der Waals surface area contributed by atoms with Crippen molar-refractivity contribution < 1.29 is 18.1 Å². The molecular formula is C19H18N4O5S3. The molecule has 3 aromatic rings. The number of amides is 1. The summed E-state index contributed by atoms with van der Waals surface area (Å²) in [5.74, 6) is -0.234. The molecule has 0 atom stereocenters. The highest BCUT2D eigenvalue weighted by molar-refractivity contribution is 7.89. The van der Waals surface area contributed by atoms with Crippen LogP contribution in [0.5, 0.6) is 0 Å².